The molecule has 2 aliphatic heterocycles. The lowest BCUT2D eigenvalue weighted by molar-refractivity contribution is -0.110. The minimum atomic E-state index is -1.02. The molecule has 0 aliphatic carbocycles. The topological polar surface area (TPSA) is 83.8 Å². The van der Waals surface area contributed by atoms with Crippen LogP contribution in [0.2, 0.25) is 0 Å². The van der Waals surface area contributed by atoms with Gasteiger partial charge in [-0.05, 0) is 30.3 Å². The van der Waals surface area contributed by atoms with Crippen molar-refractivity contribution in [3.05, 3.63) is 77.5 Å². The van der Waals surface area contributed by atoms with Crippen molar-refractivity contribution in [3.8, 4) is 11.3 Å². The number of rotatable bonds is 5. The van der Waals surface area contributed by atoms with Gasteiger partial charge in [-0.25, -0.2) is 22.5 Å². The predicted octanol–water partition coefficient (Wildman–Crippen LogP) is 3.87. The number of halogens is 4. The Labute approximate surface area is 192 Å². The largest absolute Gasteiger partial charge is 0.393 e. The molecule has 1 fully saturated rings. The third kappa shape index (κ3) is 5.23. The van der Waals surface area contributed by atoms with Crippen LogP contribution in [0.5, 0.6) is 0 Å². The fraction of sp³-hybridized carbons (Fsp3) is 0.292. The minimum Gasteiger partial charge on any atom is -0.393 e. The Morgan fingerprint density at radius 3 is 2.62 bits per heavy atom. The van der Waals surface area contributed by atoms with Crippen molar-refractivity contribution < 1.29 is 32.2 Å². The van der Waals surface area contributed by atoms with E-state index in [0.717, 1.165) is 30.3 Å². The first-order valence-corrected chi connectivity index (χ1v) is 10.6. The molecule has 3 heterocycles. The molecule has 178 valence electrons. The standard InChI is InChI=1S/C24H21F4N3O3/c25-11-16-9-15(32)10-21(34-16)13-6-7-29-12-14(8-13)30-24(33)20-5-4-19(28)23(31-20)22-17(26)2-1-3-18(22)27/h1-8,12-13,15-16,21,32H,9-11H2,(H,30,33). The van der Waals surface area contributed by atoms with Crippen molar-refractivity contribution in [1.82, 2.24) is 10.3 Å². The first kappa shape index (κ1) is 23.8. The second-order valence-corrected chi connectivity index (χ2v) is 7.97. The monoisotopic (exact) mass is 475 g/mol. The molecule has 2 N–H and O–H groups in total. The van der Waals surface area contributed by atoms with E-state index in [4.69, 9.17) is 4.74 Å². The molecule has 1 saturated heterocycles. The summed E-state index contributed by atoms with van der Waals surface area (Å²) in [7, 11) is 0. The summed E-state index contributed by atoms with van der Waals surface area (Å²) >= 11 is 0. The SMILES string of the molecule is O=C(NC1=CC(C2CC(O)CC(CF)O2)C=CN=C1)c1ccc(F)c(-c2c(F)cccc2F)n1. The Kier molecular flexibility index (Phi) is 7.18. The van der Waals surface area contributed by atoms with Crippen molar-refractivity contribution in [3.63, 3.8) is 0 Å². The summed E-state index contributed by atoms with van der Waals surface area (Å²) in [6.45, 7) is -0.727. The van der Waals surface area contributed by atoms with Crippen molar-refractivity contribution in [2.75, 3.05) is 6.67 Å². The molecule has 10 heteroatoms. The Morgan fingerprint density at radius 2 is 1.88 bits per heavy atom. The summed E-state index contributed by atoms with van der Waals surface area (Å²) in [4.78, 5) is 20.7. The third-order valence-electron chi connectivity index (χ3n) is 5.52. The lowest BCUT2D eigenvalue weighted by atomic mass is 9.91. The summed E-state index contributed by atoms with van der Waals surface area (Å²) in [5.74, 6) is -4.21. The van der Waals surface area contributed by atoms with Crippen LogP contribution >= 0.6 is 0 Å². The molecule has 1 aromatic heterocycles. The van der Waals surface area contributed by atoms with E-state index in [-0.39, 0.29) is 24.2 Å². The summed E-state index contributed by atoms with van der Waals surface area (Å²) in [5, 5.41) is 12.6. The van der Waals surface area contributed by atoms with E-state index in [0.29, 0.717) is 0 Å². The van der Waals surface area contributed by atoms with Gasteiger partial charge in [-0.3, -0.25) is 9.79 Å². The molecule has 4 unspecified atom stereocenters. The number of nitrogens with zero attached hydrogens (tertiary/aromatic N) is 2. The van der Waals surface area contributed by atoms with E-state index < -0.39 is 65.5 Å². The van der Waals surface area contributed by atoms with E-state index in [2.05, 4.69) is 15.3 Å². The number of carbonyl (C=O) groups is 1. The third-order valence-corrected chi connectivity index (χ3v) is 5.52. The van der Waals surface area contributed by atoms with Gasteiger partial charge < -0.3 is 15.2 Å². The Morgan fingerprint density at radius 1 is 1.12 bits per heavy atom. The highest BCUT2D eigenvalue weighted by Crippen LogP contribution is 2.29. The van der Waals surface area contributed by atoms with Gasteiger partial charge in [0.05, 0.1) is 35.8 Å². The fourth-order valence-electron chi connectivity index (χ4n) is 3.92. The summed E-state index contributed by atoms with van der Waals surface area (Å²) in [6, 6.07) is 5.05. The van der Waals surface area contributed by atoms with Crippen LogP contribution in [-0.2, 0) is 4.74 Å². The summed E-state index contributed by atoms with van der Waals surface area (Å²) < 4.78 is 61.4. The van der Waals surface area contributed by atoms with Gasteiger partial charge in [-0.2, -0.15) is 0 Å². The zero-order valence-electron chi connectivity index (χ0n) is 17.8. The highest BCUT2D eigenvalue weighted by molar-refractivity contribution is 5.98. The number of alkyl halides is 1. The predicted molar refractivity (Wildman–Crippen MR) is 116 cm³/mol. The van der Waals surface area contributed by atoms with E-state index >= 15 is 0 Å². The Balaban J connectivity index is 1.56. The number of aliphatic imine (C=N–C) groups is 1. The number of pyridine rings is 1. The highest BCUT2D eigenvalue weighted by Gasteiger charge is 2.32. The molecular formula is C24H21F4N3O3. The number of amides is 1. The van der Waals surface area contributed by atoms with Crippen molar-refractivity contribution >= 4 is 12.1 Å². The molecule has 6 nitrogen and oxygen atoms in total. The smallest absolute Gasteiger partial charge is 0.274 e. The maximum atomic E-state index is 14.3. The molecule has 4 atom stereocenters. The van der Waals surface area contributed by atoms with Crippen LogP contribution in [-0.4, -0.2) is 47.2 Å². The summed E-state index contributed by atoms with van der Waals surface area (Å²) in [6.07, 6.45) is 4.68. The molecule has 0 saturated carbocycles. The quantitative estimate of drug-likeness (QED) is 0.644. The van der Waals surface area contributed by atoms with Gasteiger partial charge in [0.2, 0.25) is 0 Å². The number of hydrogen-bond donors (Lipinski definition) is 2. The average Bonchev–Trinajstić information content (AvgIpc) is 3.05. The van der Waals surface area contributed by atoms with Crippen LogP contribution in [0.1, 0.15) is 23.3 Å². The second kappa shape index (κ2) is 10.3. The highest BCUT2D eigenvalue weighted by atomic mass is 19.1. The number of hydrogen-bond acceptors (Lipinski definition) is 5. The molecule has 1 amide bonds. The second-order valence-electron chi connectivity index (χ2n) is 7.97. The lowest BCUT2D eigenvalue weighted by Crippen LogP contribution is -2.40. The normalized spacial score (nSPS) is 24.4. The molecule has 0 bridgehead atoms. The van der Waals surface area contributed by atoms with Gasteiger partial charge in [0.25, 0.3) is 5.91 Å². The van der Waals surface area contributed by atoms with Gasteiger partial charge in [0, 0.05) is 25.0 Å². The van der Waals surface area contributed by atoms with Crippen LogP contribution in [0.4, 0.5) is 17.6 Å². The van der Waals surface area contributed by atoms with Gasteiger partial charge in [0.1, 0.15) is 35.5 Å². The molecule has 2 aromatic rings. The first-order chi connectivity index (χ1) is 16.4. The molecule has 0 radical (unpaired) electrons. The number of allylic oxidation sites excluding steroid dienone is 1. The maximum Gasteiger partial charge on any atom is 0.274 e. The minimum absolute atomic E-state index is 0.203. The number of aliphatic hydroxyl groups excluding tert-OH is 1. The molecule has 0 spiro atoms. The molecular weight excluding hydrogens is 454 g/mol. The van der Waals surface area contributed by atoms with Gasteiger partial charge >= 0.3 is 0 Å². The number of aliphatic hydroxyl groups is 1. The molecule has 34 heavy (non-hydrogen) atoms. The number of carbonyl (C=O) groups excluding carboxylic acids is 1. The summed E-state index contributed by atoms with van der Waals surface area (Å²) in [5.41, 5.74) is -1.33. The van der Waals surface area contributed by atoms with Gasteiger partial charge in [-0.1, -0.05) is 12.1 Å². The van der Waals surface area contributed by atoms with Crippen molar-refractivity contribution in [1.29, 1.82) is 0 Å². The number of nitrogens with one attached hydrogen (secondary N) is 1. The van der Waals surface area contributed by atoms with E-state index in [9.17, 15) is 27.5 Å². The number of aromatic nitrogens is 1. The van der Waals surface area contributed by atoms with Crippen LogP contribution in [0, 0.1) is 23.4 Å². The Hall–Kier alpha value is -3.37. The molecule has 4 rings (SSSR count). The number of ether oxygens (including phenoxy) is 1. The van der Waals surface area contributed by atoms with Crippen LogP contribution < -0.4 is 5.32 Å². The number of benzene rings is 1. The lowest BCUT2D eigenvalue weighted by Gasteiger charge is -2.34. The first-order valence-electron chi connectivity index (χ1n) is 10.6. The van der Waals surface area contributed by atoms with Gasteiger partial charge in [-0.15, -0.1) is 0 Å². The van der Waals surface area contributed by atoms with Crippen LogP contribution in [0.3, 0.4) is 0 Å². The van der Waals surface area contributed by atoms with Crippen molar-refractivity contribution in [2.45, 2.75) is 31.2 Å². The molecule has 1 aromatic carbocycles. The maximum absolute atomic E-state index is 14.3. The van der Waals surface area contributed by atoms with Crippen LogP contribution in [0.15, 0.2) is 59.4 Å². The Bertz CT molecular complexity index is 1150. The fourth-order valence-corrected chi connectivity index (χ4v) is 3.92. The van der Waals surface area contributed by atoms with Gasteiger partial charge in [0.15, 0.2) is 0 Å². The van der Waals surface area contributed by atoms with Crippen molar-refractivity contribution in [2.24, 2.45) is 10.9 Å². The molecule has 2 aliphatic rings. The van der Waals surface area contributed by atoms with E-state index in [1.54, 1.807) is 12.2 Å². The zero-order valence-corrected chi connectivity index (χ0v) is 17.8. The zero-order chi connectivity index (χ0) is 24.2. The van der Waals surface area contributed by atoms with E-state index in [1.807, 2.05) is 0 Å². The van der Waals surface area contributed by atoms with Crippen LogP contribution in [0.25, 0.3) is 11.3 Å². The van der Waals surface area contributed by atoms with E-state index in [1.165, 1.54) is 12.4 Å². The average molecular weight is 475 g/mol.